The summed E-state index contributed by atoms with van der Waals surface area (Å²) in [5.41, 5.74) is 3.33. The van der Waals surface area contributed by atoms with Crippen LogP contribution in [0, 0.1) is 13.8 Å². The van der Waals surface area contributed by atoms with Gasteiger partial charge in [0.25, 0.3) is 0 Å². The number of hydrogen-bond donors (Lipinski definition) is 1. The Balaban J connectivity index is 1.76. The summed E-state index contributed by atoms with van der Waals surface area (Å²) in [7, 11) is 0. The van der Waals surface area contributed by atoms with Crippen LogP contribution in [0.2, 0.25) is 5.02 Å². The van der Waals surface area contributed by atoms with Crippen molar-refractivity contribution in [2.45, 2.75) is 46.5 Å². The van der Waals surface area contributed by atoms with E-state index >= 15 is 0 Å². The number of nitrogens with zero attached hydrogens (tertiary/aromatic N) is 4. The van der Waals surface area contributed by atoms with E-state index in [1.54, 1.807) is 0 Å². The lowest BCUT2D eigenvalue weighted by atomic mass is 10.0. The molecule has 30 heavy (non-hydrogen) atoms. The molecule has 0 radical (unpaired) electrons. The van der Waals surface area contributed by atoms with Crippen molar-refractivity contribution >= 4 is 23.4 Å². The first-order valence-corrected chi connectivity index (χ1v) is 11.2. The maximum absolute atomic E-state index is 12.5. The molecule has 6 nitrogen and oxygen atoms in total. The van der Waals surface area contributed by atoms with Crippen molar-refractivity contribution in [3.63, 3.8) is 0 Å². The zero-order valence-electron chi connectivity index (χ0n) is 18.2. The monoisotopic (exact) mass is 429 g/mol. The maximum atomic E-state index is 12.5. The van der Waals surface area contributed by atoms with E-state index < -0.39 is 0 Å². The molecule has 0 bridgehead atoms. The van der Waals surface area contributed by atoms with Crippen molar-refractivity contribution in [3.05, 3.63) is 51.9 Å². The van der Waals surface area contributed by atoms with E-state index in [1.165, 1.54) is 5.56 Å². The van der Waals surface area contributed by atoms with E-state index in [9.17, 15) is 4.79 Å². The number of rotatable bonds is 6. The molecule has 1 N–H and O–H groups in total. The molecule has 2 heterocycles. The van der Waals surface area contributed by atoms with E-state index in [-0.39, 0.29) is 6.03 Å². The number of hydrogen-bond acceptors (Lipinski definition) is 4. The van der Waals surface area contributed by atoms with Gasteiger partial charge in [0, 0.05) is 55.4 Å². The summed E-state index contributed by atoms with van der Waals surface area (Å²) >= 11 is 6.05. The highest BCUT2D eigenvalue weighted by molar-refractivity contribution is 6.30. The van der Waals surface area contributed by atoms with Crippen LogP contribution in [-0.2, 0) is 6.42 Å². The molecule has 1 saturated heterocycles. The van der Waals surface area contributed by atoms with Gasteiger partial charge in [-0.1, -0.05) is 37.1 Å². The highest BCUT2D eigenvalue weighted by Crippen LogP contribution is 2.25. The number of anilines is 1. The van der Waals surface area contributed by atoms with Crippen LogP contribution in [0.1, 0.15) is 48.8 Å². The average molecular weight is 430 g/mol. The Hall–Kier alpha value is -2.34. The molecule has 0 saturated carbocycles. The molecule has 1 fully saturated rings. The molecule has 1 aromatic carbocycles. The number of nitrogens with one attached hydrogen (secondary N) is 1. The highest BCUT2D eigenvalue weighted by atomic mass is 35.5. The van der Waals surface area contributed by atoms with E-state index in [0.29, 0.717) is 6.54 Å². The van der Waals surface area contributed by atoms with E-state index in [0.717, 1.165) is 79.8 Å². The van der Waals surface area contributed by atoms with Crippen molar-refractivity contribution < 1.29 is 4.79 Å². The predicted octanol–water partition coefficient (Wildman–Crippen LogP) is 4.36. The normalized spacial score (nSPS) is 14.5. The van der Waals surface area contributed by atoms with Crippen molar-refractivity contribution in [2.75, 3.05) is 37.6 Å². The lowest BCUT2D eigenvalue weighted by molar-refractivity contribution is 0.201. The van der Waals surface area contributed by atoms with Gasteiger partial charge in [-0.2, -0.15) is 0 Å². The zero-order valence-corrected chi connectivity index (χ0v) is 19.0. The second kappa shape index (κ2) is 10.6. The maximum Gasteiger partial charge on any atom is 0.317 e. The van der Waals surface area contributed by atoms with Crippen molar-refractivity contribution in [1.29, 1.82) is 0 Å². The Morgan fingerprint density at radius 1 is 1.10 bits per heavy atom. The van der Waals surface area contributed by atoms with Gasteiger partial charge in [-0.25, -0.2) is 14.8 Å². The van der Waals surface area contributed by atoms with Gasteiger partial charge in [-0.3, -0.25) is 0 Å². The molecule has 0 aliphatic carbocycles. The molecule has 7 heteroatoms. The first-order valence-electron chi connectivity index (χ1n) is 10.8. The number of unbranched alkanes of at least 4 members (excludes halogenated alkanes) is 1. The van der Waals surface area contributed by atoms with Gasteiger partial charge < -0.3 is 15.1 Å². The smallest absolute Gasteiger partial charge is 0.317 e. The fourth-order valence-corrected chi connectivity index (χ4v) is 3.93. The number of urea groups is 1. The van der Waals surface area contributed by atoms with Crippen LogP contribution in [0.15, 0.2) is 24.3 Å². The first kappa shape index (κ1) is 22.3. The van der Waals surface area contributed by atoms with Gasteiger partial charge in [0.1, 0.15) is 11.6 Å². The van der Waals surface area contributed by atoms with Crippen molar-refractivity contribution in [1.82, 2.24) is 20.2 Å². The third-order valence-corrected chi connectivity index (χ3v) is 5.74. The first-order chi connectivity index (χ1) is 14.5. The molecule has 0 spiro atoms. The van der Waals surface area contributed by atoms with Crippen molar-refractivity contribution in [3.8, 4) is 0 Å². The van der Waals surface area contributed by atoms with Gasteiger partial charge in [-0.15, -0.1) is 0 Å². The second-order valence-electron chi connectivity index (χ2n) is 7.87. The molecule has 1 aliphatic rings. The van der Waals surface area contributed by atoms with Gasteiger partial charge in [-0.05, 0) is 44.4 Å². The second-order valence-corrected chi connectivity index (χ2v) is 8.31. The van der Waals surface area contributed by atoms with Crippen LogP contribution in [0.25, 0.3) is 0 Å². The summed E-state index contributed by atoms with van der Waals surface area (Å²) in [6.07, 6.45) is 3.77. The highest BCUT2D eigenvalue weighted by Gasteiger charge is 2.23. The third-order valence-electron chi connectivity index (χ3n) is 5.49. The van der Waals surface area contributed by atoms with Gasteiger partial charge in [0.2, 0.25) is 0 Å². The van der Waals surface area contributed by atoms with Crippen LogP contribution in [0.4, 0.5) is 10.6 Å². The molecule has 2 aromatic rings. The molecule has 0 unspecified atom stereocenters. The van der Waals surface area contributed by atoms with E-state index in [4.69, 9.17) is 16.6 Å². The summed E-state index contributed by atoms with van der Waals surface area (Å²) in [5.74, 6) is 1.77. The largest absolute Gasteiger partial charge is 0.354 e. The third kappa shape index (κ3) is 5.85. The summed E-state index contributed by atoms with van der Waals surface area (Å²) in [6.45, 7) is 9.97. The molecule has 162 valence electrons. The van der Waals surface area contributed by atoms with Crippen LogP contribution in [-0.4, -0.2) is 53.6 Å². The summed E-state index contributed by atoms with van der Waals surface area (Å²) < 4.78 is 0. The van der Waals surface area contributed by atoms with Gasteiger partial charge >= 0.3 is 6.03 Å². The van der Waals surface area contributed by atoms with Crippen molar-refractivity contribution in [2.24, 2.45) is 0 Å². The number of aryl methyl sites for hydroxylation is 2. The minimum Gasteiger partial charge on any atom is -0.354 e. The Bertz CT molecular complexity index is 855. The minimum absolute atomic E-state index is 0.0433. The summed E-state index contributed by atoms with van der Waals surface area (Å²) in [5, 5.41) is 3.77. The number of halogens is 1. The SMILES string of the molecule is CCCCNC(=O)N1CCCN(c2nc(C)nc(C)c2Cc2ccc(Cl)cc2)CC1. The Morgan fingerprint density at radius 2 is 1.87 bits per heavy atom. The number of aromatic nitrogens is 2. The molecular weight excluding hydrogens is 398 g/mol. The number of carbonyl (C=O) groups excluding carboxylic acids is 1. The number of amides is 2. The number of benzene rings is 1. The Labute approximate surface area is 184 Å². The lowest BCUT2D eigenvalue weighted by Gasteiger charge is -2.26. The predicted molar refractivity (Wildman–Crippen MR) is 122 cm³/mol. The topological polar surface area (TPSA) is 61.4 Å². The zero-order chi connectivity index (χ0) is 21.5. The Morgan fingerprint density at radius 3 is 2.60 bits per heavy atom. The van der Waals surface area contributed by atoms with Crippen LogP contribution in [0.5, 0.6) is 0 Å². The molecular formula is C23H32ClN5O. The van der Waals surface area contributed by atoms with Gasteiger partial charge in [0.05, 0.1) is 0 Å². The fourth-order valence-electron chi connectivity index (χ4n) is 3.81. The fraction of sp³-hybridized carbons (Fsp3) is 0.522. The molecule has 3 rings (SSSR count). The Kier molecular flexibility index (Phi) is 7.91. The minimum atomic E-state index is 0.0433. The average Bonchev–Trinajstić information content (AvgIpc) is 2.98. The lowest BCUT2D eigenvalue weighted by Crippen LogP contribution is -2.42. The van der Waals surface area contributed by atoms with Gasteiger partial charge in [0.15, 0.2) is 0 Å². The standard InChI is InChI=1S/C23H32ClN5O/c1-4-5-11-25-23(30)29-13-6-12-28(14-15-29)22-21(17(2)26-18(3)27-22)16-19-7-9-20(24)10-8-19/h7-10H,4-6,11-16H2,1-3H3,(H,25,30). The van der Waals surface area contributed by atoms with Crippen LogP contribution in [0.3, 0.4) is 0 Å². The molecule has 2 amide bonds. The van der Waals surface area contributed by atoms with Crippen LogP contribution < -0.4 is 10.2 Å². The summed E-state index contributed by atoms with van der Waals surface area (Å²) in [4.78, 5) is 26.1. The quantitative estimate of drug-likeness (QED) is 0.693. The molecule has 1 aliphatic heterocycles. The molecule has 1 aromatic heterocycles. The summed E-state index contributed by atoms with van der Waals surface area (Å²) in [6, 6.07) is 7.98. The van der Waals surface area contributed by atoms with E-state index in [1.807, 2.05) is 24.0 Å². The molecule has 0 atom stereocenters. The number of carbonyl (C=O) groups is 1. The van der Waals surface area contributed by atoms with E-state index in [2.05, 4.69) is 41.2 Å². The van der Waals surface area contributed by atoms with Crippen LogP contribution >= 0.6 is 11.6 Å².